The molecule has 8 nitrogen and oxygen atoms in total. The highest BCUT2D eigenvalue weighted by molar-refractivity contribution is 5.93. The van der Waals surface area contributed by atoms with Gasteiger partial charge in [-0.25, -0.2) is 14.5 Å². The largest absolute Gasteiger partial charge is 0.444 e. The zero-order valence-corrected chi connectivity index (χ0v) is 23.3. The van der Waals surface area contributed by atoms with Crippen LogP contribution in [0.2, 0.25) is 0 Å². The van der Waals surface area contributed by atoms with Crippen molar-refractivity contribution in [3.05, 3.63) is 78.0 Å². The minimum Gasteiger partial charge on any atom is -0.444 e. The zero-order chi connectivity index (χ0) is 27.3. The smallest absolute Gasteiger partial charge is 0.410 e. The number of aromatic nitrogens is 3. The lowest BCUT2D eigenvalue weighted by Crippen LogP contribution is -2.50. The van der Waals surface area contributed by atoms with Crippen molar-refractivity contribution in [3.63, 3.8) is 0 Å². The summed E-state index contributed by atoms with van der Waals surface area (Å²) in [6.45, 7) is 11.4. The highest BCUT2D eigenvalue weighted by Gasteiger charge is 2.47. The fourth-order valence-electron chi connectivity index (χ4n) is 5.76. The van der Waals surface area contributed by atoms with Crippen LogP contribution >= 0.6 is 0 Å². The van der Waals surface area contributed by atoms with Crippen LogP contribution in [0.4, 0.5) is 16.4 Å². The Hall–Kier alpha value is -4.07. The summed E-state index contributed by atoms with van der Waals surface area (Å²) < 4.78 is 7.69. The van der Waals surface area contributed by atoms with Crippen molar-refractivity contribution in [1.29, 1.82) is 0 Å². The molecule has 39 heavy (non-hydrogen) atoms. The molecule has 1 amide bonds. The van der Waals surface area contributed by atoms with Gasteiger partial charge in [-0.2, -0.15) is 0 Å². The second-order valence-corrected chi connectivity index (χ2v) is 11.8. The topological polar surface area (TPSA) is 75.5 Å². The van der Waals surface area contributed by atoms with Crippen LogP contribution in [0.5, 0.6) is 0 Å². The lowest BCUT2D eigenvalue weighted by atomic mass is 10.1. The molecule has 0 spiro atoms. The predicted molar refractivity (Wildman–Crippen MR) is 155 cm³/mol. The molecule has 2 fully saturated rings. The van der Waals surface area contributed by atoms with Gasteiger partial charge in [-0.1, -0.05) is 36.4 Å². The minimum atomic E-state index is -0.497. The standard InChI is InChI=1S/C31H36N6O2/c1-20-11-12-26-27(15-20)37(23-13-14-32-28(17-23)33-21(2)22-9-7-6-8-10-22)34-29(26)35-18-25-16-24(35)19-36(25)30(38)39-31(3,4)5/h6-15,17,21,24-25H,16,18-19H2,1-5H3,(H,32,33)/t21-,24+,25+/m1/s1. The maximum atomic E-state index is 12.8. The van der Waals surface area contributed by atoms with E-state index in [1.165, 1.54) is 11.1 Å². The molecule has 0 aliphatic carbocycles. The van der Waals surface area contributed by atoms with Gasteiger partial charge in [0, 0.05) is 36.8 Å². The van der Waals surface area contributed by atoms with Crippen LogP contribution in [0.25, 0.3) is 16.6 Å². The van der Waals surface area contributed by atoms with Gasteiger partial charge in [-0.15, -0.1) is 5.10 Å². The highest BCUT2D eigenvalue weighted by Crippen LogP contribution is 2.39. The van der Waals surface area contributed by atoms with Crippen LogP contribution in [0.3, 0.4) is 0 Å². The van der Waals surface area contributed by atoms with Crippen LogP contribution in [0.1, 0.15) is 51.3 Å². The molecule has 0 saturated carbocycles. The van der Waals surface area contributed by atoms with Crippen molar-refractivity contribution in [2.45, 2.75) is 64.8 Å². The number of fused-ring (bicyclic) bond motifs is 3. The highest BCUT2D eigenvalue weighted by atomic mass is 16.6. The molecular weight excluding hydrogens is 488 g/mol. The molecule has 6 rings (SSSR count). The van der Waals surface area contributed by atoms with E-state index in [1.54, 1.807) is 0 Å². The number of nitrogens with zero attached hydrogens (tertiary/aromatic N) is 5. The molecule has 1 N–H and O–H groups in total. The number of aryl methyl sites for hydroxylation is 1. The maximum absolute atomic E-state index is 12.8. The first-order chi connectivity index (χ1) is 18.7. The second-order valence-electron chi connectivity index (χ2n) is 11.8. The molecule has 2 aliphatic rings. The van der Waals surface area contributed by atoms with E-state index in [2.05, 4.69) is 77.6 Å². The number of carbonyl (C=O) groups is 1. The van der Waals surface area contributed by atoms with Gasteiger partial charge in [0.1, 0.15) is 11.4 Å². The van der Waals surface area contributed by atoms with Gasteiger partial charge in [0.2, 0.25) is 0 Å². The number of carbonyl (C=O) groups excluding carboxylic acids is 1. The third-order valence-electron chi connectivity index (χ3n) is 7.61. The van der Waals surface area contributed by atoms with E-state index in [4.69, 9.17) is 9.84 Å². The number of rotatable bonds is 5. The summed E-state index contributed by atoms with van der Waals surface area (Å²) in [5.41, 5.74) is 3.90. The quantitative estimate of drug-likeness (QED) is 0.340. The van der Waals surface area contributed by atoms with Gasteiger partial charge in [-0.05, 0) is 70.4 Å². The van der Waals surface area contributed by atoms with Gasteiger partial charge in [0.05, 0.1) is 23.3 Å². The fraction of sp³-hybridized carbons (Fsp3) is 0.387. The van der Waals surface area contributed by atoms with Crippen LogP contribution in [-0.2, 0) is 4.74 Å². The molecule has 4 heterocycles. The molecule has 2 aliphatic heterocycles. The number of nitrogens with one attached hydrogen (secondary N) is 1. The Morgan fingerprint density at radius 3 is 2.56 bits per heavy atom. The van der Waals surface area contributed by atoms with E-state index in [0.717, 1.165) is 41.2 Å². The molecule has 202 valence electrons. The van der Waals surface area contributed by atoms with Crippen molar-refractivity contribution in [1.82, 2.24) is 19.7 Å². The van der Waals surface area contributed by atoms with E-state index in [1.807, 2.05) is 48.7 Å². The number of ether oxygens (including phenoxy) is 1. The normalized spacial score (nSPS) is 19.5. The first kappa shape index (κ1) is 25.2. The van der Waals surface area contributed by atoms with E-state index in [0.29, 0.717) is 6.54 Å². The third-order valence-corrected chi connectivity index (χ3v) is 7.61. The Kier molecular flexibility index (Phi) is 6.20. The molecule has 2 saturated heterocycles. The number of hydrogen-bond donors (Lipinski definition) is 1. The summed E-state index contributed by atoms with van der Waals surface area (Å²) in [5.74, 6) is 1.76. The average molecular weight is 525 g/mol. The van der Waals surface area contributed by atoms with Crippen molar-refractivity contribution < 1.29 is 9.53 Å². The number of anilines is 2. The number of likely N-dealkylation sites (tertiary alicyclic amines) is 1. The van der Waals surface area contributed by atoms with Gasteiger partial charge in [-0.3, -0.25) is 0 Å². The first-order valence-corrected chi connectivity index (χ1v) is 13.7. The van der Waals surface area contributed by atoms with E-state index in [9.17, 15) is 4.79 Å². The molecule has 3 atom stereocenters. The summed E-state index contributed by atoms with van der Waals surface area (Å²) in [6.07, 6.45) is 2.54. The summed E-state index contributed by atoms with van der Waals surface area (Å²) in [4.78, 5) is 21.6. The van der Waals surface area contributed by atoms with Crippen LogP contribution in [-0.4, -0.2) is 56.5 Å². The van der Waals surface area contributed by atoms with Gasteiger partial charge >= 0.3 is 6.09 Å². The van der Waals surface area contributed by atoms with Crippen molar-refractivity contribution in [2.24, 2.45) is 0 Å². The third kappa shape index (κ3) is 4.91. The average Bonchev–Trinajstić information content (AvgIpc) is 3.61. The van der Waals surface area contributed by atoms with E-state index in [-0.39, 0.29) is 24.2 Å². The number of hydrogen-bond acceptors (Lipinski definition) is 6. The summed E-state index contributed by atoms with van der Waals surface area (Å²) >= 11 is 0. The van der Waals surface area contributed by atoms with Crippen molar-refractivity contribution in [3.8, 4) is 5.69 Å². The number of pyridine rings is 1. The SMILES string of the molecule is Cc1ccc2c(N3C[C@@H]4C[C@H]3CN4C(=O)OC(C)(C)C)nn(-c3ccnc(N[C@H](C)c4ccccc4)c3)c2c1. The first-order valence-electron chi connectivity index (χ1n) is 13.7. The molecule has 4 aromatic rings. The summed E-state index contributed by atoms with van der Waals surface area (Å²) in [6, 6.07) is 21.4. The predicted octanol–water partition coefficient (Wildman–Crippen LogP) is 6.10. The maximum Gasteiger partial charge on any atom is 0.410 e. The summed E-state index contributed by atoms with van der Waals surface area (Å²) in [5, 5.41) is 9.80. The monoisotopic (exact) mass is 524 g/mol. The molecular formula is C31H36N6O2. The Morgan fingerprint density at radius 1 is 1.05 bits per heavy atom. The fourth-order valence-corrected chi connectivity index (χ4v) is 5.76. The van der Waals surface area contributed by atoms with Gasteiger partial charge in [0.25, 0.3) is 0 Å². The lowest BCUT2D eigenvalue weighted by molar-refractivity contribution is 0.0214. The van der Waals surface area contributed by atoms with Crippen molar-refractivity contribution >= 4 is 28.6 Å². The van der Waals surface area contributed by atoms with E-state index >= 15 is 0 Å². The molecule has 2 bridgehead atoms. The van der Waals surface area contributed by atoms with Crippen molar-refractivity contribution in [2.75, 3.05) is 23.3 Å². The van der Waals surface area contributed by atoms with Gasteiger partial charge < -0.3 is 19.9 Å². The molecule has 2 aromatic heterocycles. The summed E-state index contributed by atoms with van der Waals surface area (Å²) in [7, 11) is 0. The second kappa shape index (κ2) is 9.59. The van der Waals surface area contributed by atoms with Crippen LogP contribution < -0.4 is 10.2 Å². The molecule has 8 heteroatoms. The number of amides is 1. The number of piperazine rings is 1. The Labute approximate surface area is 229 Å². The zero-order valence-electron chi connectivity index (χ0n) is 23.3. The minimum absolute atomic E-state index is 0.120. The Bertz CT molecular complexity index is 1510. The van der Waals surface area contributed by atoms with Crippen LogP contribution in [0.15, 0.2) is 66.9 Å². The Morgan fingerprint density at radius 2 is 1.85 bits per heavy atom. The lowest BCUT2D eigenvalue weighted by Gasteiger charge is -2.35. The Balaban J connectivity index is 1.29. The van der Waals surface area contributed by atoms with Gasteiger partial charge in [0.15, 0.2) is 5.82 Å². The molecule has 2 aromatic carbocycles. The number of benzene rings is 2. The van der Waals surface area contributed by atoms with Crippen LogP contribution in [0, 0.1) is 6.92 Å². The molecule has 0 radical (unpaired) electrons. The van der Waals surface area contributed by atoms with E-state index < -0.39 is 5.60 Å². The molecule has 0 unspecified atom stereocenters.